The van der Waals surface area contributed by atoms with Crippen molar-refractivity contribution in [1.82, 2.24) is 4.90 Å². The van der Waals surface area contributed by atoms with Crippen molar-refractivity contribution in [3.63, 3.8) is 0 Å². The van der Waals surface area contributed by atoms with E-state index in [1.807, 2.05) is 11.9 Å². The SMILES string of the molecule is CN(Cc1ccc(OC(F)(F)F)cc1)CC1(O)CCCC1. The van der Waals surface area contributed by atoms with E-state index in [2.05, 4.69) is 4.74 Å². The normalized spacial score (nSPS) is 18.2. The van der Waals surface area contributed by atoms with Crippen molar-refractivity contribution in [1.29, 1.82) is 0 Å². The molecule has 0 radical (unpaired) electrons. The van der Waals surface area contributed by atoms with Gasteiger partial charge in [-0.2, -0.15) is 0 Å². The number of ether oxygens (including phenoxy) is 1. The monoisotopic (exact) mass is 303 g/mol. The second kappa shape index (κ2) is 6.23. The van der Waals surface area contributed by atoms with E-state index < -0.39 is 12.0 Å². The molecule has 0 unspecified atom stereocenters. The average Bonchev–Trinajstić information content (AvgIpc) is 2.76. The van der Waals surface area contributed by atoms with Crippen molar-refractivity contribution in [3.8, 4) is 5.75 Å². The molecule has 0 aromatic heterocycles. The summed E-state index contributed by atoms with van der Waals surface area (Å²) in [4.78, 5) is 1.99. The van der Waals surface area contributed by atoms with E-state index in [-0.39, 0.29) is 5.75 Å². The van der Waals surface area contributed by atoms with E-state index in [9.17, 15) is 18.3 Å². The quantitative estimate of drug-likeness (QED) is 0.905. The number of alkyl halides is 3. The van der Waals surface area contributed by atoms with Gasteiger partial charge in [-0.05, 0) is 37.6 Å². The van der Waals surface area contributed by atoms with Gasteiger partial charge in [0, 0.05) is 13.1 Å². The largest absolute Gasteiger partial charge is 0.573 e. The zero-order valence-corrected chi connectivity index (χ0v) is 12.0. The number of likely N-dealkylation sites (N-methyl/N-ethyl adjacent to an activating group) is 1. The third-order valence-electron chi connectivity index (χ3n) is 3.71. The summed E-state index contributed by atoms with van der Waals surface area (Å²) in [5.74, 6) is -0.219. The molecular formula is C15H20F3NO2. The second-order valence-electron chi connectivity index (χ2n) is 5.80. The maximum atomic E-state index is 12.1. The van der Waals surface area contributed by atoms with Crippen LogP contribution in [-0.2, 0) is 6.54 Å². The van der Waals surface area contributed by atoms with Crippen molar-refractivity contribution in [3.05, 3.63) is 29.8 Å². The molecule has 1 saturated carbocycles. The molecule has 0 atom stereocenters. The van der Waals surface area contributed by atoms with Crippen LogP contribution in [0.2, 0.25) is 0 Å². The number of hydrogen-bond acceptors (Lipinski definition) is 3. The third kappa shape index (κ3) is 5.21. The summed E-state index contributed by atoms with van der Waals surface area (Å²) in [6.07, 6.45) is -0.933. The van der Waals surface area contributed by atoms with Gasteiger partial charge < -0.3 is 9.84 Å². The molecule has 0 spiro atoms. The predicted octanol–water partition coefficient (Wildman–Crippen LogP) is 3.32. The molecule has 1 N–H and O–H groups in total. The smallest absolute Gasteiger partial charge is 0.406 e. The molecule has 3 nitrogen and oxygen atoms in total. The van der Waals surface area contributed by atoms with Crippen LogP contribution >= 0.6 is 0 Å². The van der Waals surface area contributed by atoms with Gasteiger partial charge >= 0.3 is 6.36 Å². The third-order valence-corrected chi connectivity index (χ3v) is 3.71. The van der Waals surface area contributed by atoms with Crippen LogP contribution in [0.25, 0.3) is 0 Å². The van der Waals surface area contributed by atoms with Crippen LogP contribution in [0.15, 0.2) is 24.3 Å². The zero-order valence-electron chi connectivity index (χ0n) is 12.0. The first-order valence-corrected chi connectivity index (χ1v) is 7.01. The Bertz CT molecular complexity index is 453. The van der Waals surface area contributed by atoms with Crippen LogP contribution in [0, 0.1) is 0 Å². The van der Waals surface area contributed by atoms with Crippen LogP contribution in [-0.4, -0.2) is 35.6 Å². The highest BCUT2D eigenvalue weighted by atomic mass is 19.4. The van der Waals surface area contributed by atoms with Crippen LogP contribution in [0.3, 0.4) is 0 Å². The first-order chi connectivity index (χ1) is 9.76. The number of halogens is 3. The van der Waals surface area contributed by atoms with Gasteiger partial charge in [0.2, 0.25) is 0 Å². The Morgan fingerprint density at radius 3 is 2.29 bits per heavy atom. The zero-order chi connectivity index (χ0) is 15.5. The fourth-order valence-corrected chi connectivity index (χ4v) is 2.86. The average molecular weight is 303 g/mol. The number of rotatable bonds is 5. The maximum Gasteiger partial charge on any atom is 0.573 e. The van der Waals surface area contributed by atoms with E-state index in [0.717, 1.165) is 31.2 Å². The number of nitrogens with zero attached hydrogens (tertiary/aromatic N) is 1. The van der Waals surface area contributed by atoms with E-state index in [1.165, 1.54) is 12.1 Å². The van der Waals surface area contributed by atoms with Gasteiger partial charge in [-0.25, -0.2) is 0 Å². The summed E-state index contributed by atoms with van der Waals surface area (Å²) >= 11 is 0. The standard InChI is InChI=1S/C15H20F3NO2/c1-19(11-14(20)8-2-3-9-14)10-12-4-6-13(7-5-12)21-15(16,17)18/h4-7,20H,2-3,8-11H2,1H3. The summed E-state index contributed by atoms with van der Waals surface area (Å²) in [7, 11) is 1.90. The minimum Gasteiger partial charge on any atom is -0.406 e. The van der Waals surface area contributed by atoms with Crippen molar-refractivity contribution >= 4 is 0 Å². The predicted molar refractivity (Wildman–Crippen MR) is 72.9 cm³/mol. The molecule has 0 heterocycles. The Hall–Kier alpha value is -1.27. The molecule has 0 bridgehead atoms. The second-order valence-corrected chi connectivity index (χ2v) is 5.80. The molecule has 1 aliphatic carbocycles. The van der Waals surface area contributed by atoms with Gasteiger partial charge in [0.1, 0.15) is 5.75 Å². The number of benzene rings is 1. The molecule has 1 fully saturated rings. The fourth-order valence-electron chi connectivity index (χ4n) is 2.86. The lowest BCUT2D eigenvalue weighted by molar-refractivity contribution is -0.274. The Balaban J connectivity index is 1.87. The molecule has 1 aromatic rings. The van der Waals surface area contributed by atoms with Gasteiger partial charge in [-0.15, -0.1) is 13.2 Å². The van der Waals surface area contributed by atoms with Crippen molar-refractivity contribution in [2.45, 2.75) is 44.2 Å². The molecule has 118 valence electrons. The maximum absolute atomic E-state index is 12.1. The van der Waals surface area contributed by atoms with Crippen LogP contribution < -0.4 is 4.74 Å². The summed E-state index contributed by atoms with van der Waals surface area (Å²) < 4.78 is 40.0. The lowest BCUT2D eigenvalue weighted by Gasteiger charge is -2.28. The molecule has 0 saturated heterocycles. The summed E-state index contributed by atoms with van der Waals surface area (Å²) in [5.41, 5.74) is 0.266. The van der Waals surface area contributed by atoms with Crippen LogP contribution in [0.4, 0.5) is 13.2 Å². The van der Waals surface area contributed by atoms with Crippen molar-refractivity contribution < 1.29 is 23.0 Å². The Morgan fingerprint density at radius 1 is 1.19 bits per heavy atom. The van der Waals surface area contributed by atoms with E-state index in [1.54, 1.807) is 12.1 Å². The molecule has 0 amide bonds. The minimum atomic E-state index is -4.66. The van der Waals surface area contributed by atoms with Gasteiger partial charge in [0.25, 0.3) is 0 Å². The van der Waals surface area contributed by atoms with Gasteiger partial charge in [-0.3, -0.25) is 4.90 Å². The molecule has 1 aromatic carbocycles. The molecule has 1 aliphatic rings. The van der Waals surface area contributed by atoms with Gasteiger partial charge in [-0.1, -0.05) is 25.0 Å². The fraction of sp³-hybridized carbons (Fsp3) is 0.600. The van der Waals surface area contributed by atoms with Gasteiger partial charge in [0.05, 0.1) is 5.60 Å². The topological polar surface area (TPSA) is 32.7 Å². The van der Waals surface area contributed by atoms with Crippen molar-refractivity contribution in [2.24, 2.45) is 0 Å². The molecule has 0 aliphatic heterocycles. The highest BCUT2D eigenvalue weighted by Crippen LogP contribution is 2.30. The summed E-state index contributed by atoms with van der Waals surface area (Å²) in [5, 5.41) is 10.3. The van der Waals surface area contributed by atoms with Crippen LogP contribution in [0.1, 0.15) is 31.2 Å². The molecule has 2 rings (SSSR count). The molecule has 21 heavy (non-hydrogen) atoms. The van der Waals surface area contributed by atoms with E-state index >= 15 is 0 Å². The first kappa shape index (κ1) is 16.1. The van der Waals surface area contributed by atoms with Crippen LogP contribution in [0.5, 0.6) is 5.75 Å². The molecule has 6 heteroatoms. The Morgan fingerprint density at radius 2 is 1.76 bits per heavy atom. The van der Waals surface area contributed by atoms with E-state index in [0.29, 0.717) is 13.1 Å². The summed E-state index contributed by atoms with van der Waals surface area (Å²) in [6.45, 7) is 1.16. The highest BCUT2D eigenvalue weighted by Gasteiger charge is 2.32. The van der Waals surface area contributed by atoms with Crippen molar-refractivity contribution in [2.75, 3.05) is 13.6 Å². The minimum absolute atomic E-state index is 0.219. The Kier molecular flexibility index (Phi) is 4.78. The summed E-state index contributed by atoms with van der Waals surface area (Å²) in [6, 6.07) is 5.83. The highest BCUT2D eigenvalue weighted by molar-refractivity contribution is 5.27. The first-order valence-electron chi connectivity index (χ1n) is 7.01. The van der Waals surface area contributed by atoms with E-state index in [4.69, 9.17) is 0 Å². The van der Waals surface area contributed by atoms with Gasteiger partial charge in [0.15, 0.2) is 0 Å². The molecular weight excluding hydrogens is 283 g/mol. The lowest BCUT2D eigenvalue weighted by Crippen LogP contribution is -2.38. The Labute approximate surface area is 122 Å². The lowest BCUT2D eigenvalue weighted by atomic mass is 10.0. The number of hydrogen-bond donors (Lipinski definition) is 1. The number of aliphatic hydroxyl groups is 1.